The van der Waals surface area contributed by atoms with Gasteiger partial charge in [-0.15, -0.1) is 11.3 Å². The van der Waals surface area contributed by atoms with Gasteiger partial charge in [-0.3, -0.25) is 9.59 Å². The molecule has 1 heterocycles. The van der Waals surface area contributed by atoms with E-state index in [1.165, 1.54) is 11.3 Å². The molecule has 19 heavy (non-hydrogen) atoms. The Bertz CT molecular complexity index is 393. The molecule has 1 aromatic rings. The number of thiazole rings is 1. The minimum atomic E-state index is -0.757. The lowest BCUT2D eigenvalue weighted by molar-refractivity contribution is -0.137. The fourth-order valence-corrected chi connectivity index (χ4v) is 2.51. The van der Waals surface area contributed by atoms with Crippen molar-refractivity contribution in [1.82, 2.24) is 10.3 Å². The van der Waals surface area contributed by atoms with Crippen molar-refractivity contribution < 1.29 is 14.7 Å². The summed E-state index contributed by atoms with van der Waals surface area (Å²) >= 11 is 1.39. The molecule has 1 unspecified atom stereocenters. The number of nitrogens with zero attached hydrogens (tertiary/aromatic N) is 1. The summed E-state index contributed by atoms with van der Waals surface area (Å²) in [6, 6.07) is 0. The number of rotatable bonds is 9. The molecule has 0 radical (unpaired) electrons. The molecule has 0 aliphatic carbocycles. The lowest BCUT2D eigenvalue weighted by Crippen LogP contribution is -2.26. The summed E-state index contributed by atoms with van der Waals surface area (Å²) in [5.41, 5.74) is 2.07. The molecule has 1 rings (SSSR count). The third-order valence-electron chi connectivity index (χ3n) is 2.97. The van der Waals surface area contributed by atoms with Crippen LogP contribution in [0.4, 0.5) is 0 Å². The van der Waals surface area contributed by atoms with Crippen LogP contribution in [0.1, 0.15) is 49.5 Å². The molecule has 0 aliphatic heterocycles. The summed E-state index contributed by atoms with van der Waals surface area (Å²) in [6.45, 7) is 2.66. The molecule has 0 bridgehead atoms. The Morgan fingerprint density at radius 2 is 2.21 bits per heavy atom. The Hall–Kier alpha value is -1.43. The van der Waals surface area contributed by atoms with Gasteiger partial charge in [0.05, 0.1) is 5.51 Å². The standard InChI is InChI=1S/C13H20N2O3S/c1-2-3-10(4-5-12(16)17)6-7-14-13(18)11-8-19-9-15-11/h8-10H,2-7H2,1H3,(H,14,18)(H,16,17). The summed E-state index contributed by atoms with van der Waals surface area (Å²) in [5, 5.41) is 13.2. The van der Waals surface area contributed by atoms with E-state index in [1.54, 1.807) is 10.9 Å². The second-order valence-corrected chi connectivity index (χ2v) is 5.22. The molecule has 0 aromatic carbocycles. The van der Waals surface area contributed by atoms with Gasteiger partial charge >= 0.3 is 5.97 Å². The first-order valence-electron chi connectivity index (χ1n) is 6.51. The van der Waals surface area contributed by atoms with Crippen LogP contribution in [0.3, 0.4) is 0 Å². The van der Waals surface area contributed by atoms with E-state index in [2.05, 4.69) is 17.2 Å². The molecule has 0 aliphatic rings. The van der Waals surface area contributed by atoms with Crippen LogP contribution in [0.25, 0.3) is 0 Å². The number of carboxylic acids is 1. The number of amides is 1. The van der Waals surface area contributed by atoms with E-state index in [1.807, 2.05) is 0 Å². The maximum atomic E-state index is 11.7. The van der Waals surface area contributed by atoms with Crippen molar-refractivity contribution in [3.05, 3.63) is 16.6 Å². The average Bonchev–Trinajstić information content (AvgIpc) is 2.89. The molecule has 0 saturated heterocycles. The van der Waals surface area contributed by atoms with E-state index >= 15 is 0 Å². The minimum absolute atomic E-state index is 0.158. The quantitative estimate of drug-likeness (QED) is 0.730. The number of hydrogen-bond acceptors (Lipinski definition) is 4. The molecule has 1 aromatic heterocycles. The van der Waals surface area contributed by atoms with Crippen LogP contribution in [0.5, 0.6) is 0 Å². The summed E-state index contributed by atoms with van der Waals surface area (Å²) in [6.07, 6.45) is 3.72. The van der Waals surface area contributed by atoms with Crippen LogP contribution in [0.2, 0.25) is 0 Å². The number of aliphatic carboxylic acids is 1. The zero-order valence-electron chi connectivity index (χ0n) is 11.1. The molecule has 1 amide bonds. The molecule has 6 heteroatoms. The third kappa shape index (κ3) is 6.33. The Kier molecular flexibility index (Phi) is 7.10. The van der Waals surface area contributed by atoms with Crippen molar-refractivity contribution in [2.24, 2.45) is 5.92 Å². The first-order chi connectivity index (χ1) is 9.13. The Labute approximate surface area is 117 Å². The van der Waals surface area contributed by atoms with Crippen LogP contribution < -0.4 is 5.32 Å². The lowest BCUT2D eigenvalue weighted by Gasteiger charge is -2.15. The van der Waals surface area contributed by atoms with Crippen molar-refractivity contribution in [1.29, 1.82) is 0 Å². The fraction of sp³-hybridized carbons (Fsp3) is 0.615. The van der Waals surface area contributed by atoms with Gasteiger partial charge in [-0.25, -0.2) is 4.98 Å². The highest BCUT2D eigenvalue weighted by atomic mass is 32.1. The van der Waals surface area contributed by atoms with E-state index in [-0.39, 0.29) is 12.3 Å². The Morgan fingerprint density at radius 3 is 2.79 bits per heavy atom. The lowest BCUT2D eigenvalue weighted by atomic mass is 9.94. The average molecular weight is 284 g/mol. The topological polar surface area (TPSA) is 79.3 Å². The van der Waals surface area contributed by atoms with E-state index in [4.69, 9.17) is 5.11 Å². The normalized spacial score (nSPS) is 12.1. The number of hydrogen-bond donors (Lipinski definition) is 2. The van der Waals surface area contributed by atoms with Gasteiger partial charge in [0.1, 0.15) is 5.69 Å². The Balaban J connectivity index is 2.27. The van der Waals surface area contributed by atoms with Crippen molar-refractivity contribution >= 4 is 23.2 Å². The van der Waals surface area contributed by atoms with Crippen molar-refractivity contribution in [3.8, 4) is 0 Å². The largest absolute Gasteiger partial charge is 0.481 e. The number of nitrogens with one attached hydrogen (secondary N) is 1. The number of carbonyl (C=O) groups is 2. The molecule has 0 fully saturated rings. The molecule has 1 atom stereocenters. The molecule has 106 valence electrons. The van der Waals surface area contributed by atoms with E-state index in [0.717, 1.165) is 19.3 Å². The monoisotopic (exact) mass is 284 g/mol. The van der Waals surface area contributed by atoms with Gasteiger partial charge in [-0.1, -0.05) is 19.8 Å². The van der Waals surface area contributed by atoms with Gasteiger partial charge in [0.15, 0.2) is 0 Å². The zero-order valence-corrected chi connectivity index (χ0v) is 11.9. The Morgan fingerprint density at radius 1 is 1.42 bits per heavy atom. The molecule has 5 nitrogen and oxygen atoms in total. The van der Waals surface area contributed by atoms with Crippen LogP contribution in [-0.4, -0.2) is 28.5 Å². The van der Waals surface area contributed by atoms with Gasteiger partial charge in [0.2, 0.25) is 0 Å². The predicted octanol–water partition coefficient (Wildman–Crippen LogP) is 2.54. The minimum Gasteiger partial charge on any atom is -0.481 e. The molecule has 0 saturated carbocycles. The maximum absolute atomic E-state index is 11.7. The van der Waals surface area contributed by atoms with E-state index in [9.17, 15) is 9.59 Å². The number of carboxylic acid groups (broad SMARTS) is 1. The van der Waals surface area contributed by atoms with Gasteiger partial charge in [0, 0.05) is 18.3 Å². The summed E-state index contributed by atoms with van der Waals surface area (Å²) in [5.74, 6) is -0.556. The summed E-state index contributed by atoms with van der Waals surface area (Å²) in [4.78, 5) is 26.2. The van der Waals surface area contributed by atoms with Crippen molar-refractivity contribution in [2.75, 3.05) is 6.54 Å². The number of carbonyl (C=O) groups excluding carboxylic acids is 1. The molecular formula is C13H20N2O3S. The smallest absolute Gasteiger partial charge is 0.303 e. The highest BCUT2D eigenvalue weighted by molar-refractivity contribution is 7.07. The van der Waals surface area contributed by atoms with E-state index in [0.29, 0.717) is 24.6 Å². The number of aromatic nitrogens is 1. The van der Waals surface area contributed by atoms with Crippen LogP contribution >= 0.6 is 11.3 Å². The highest BCUT2D eigenvalue weighted by Gasteiger charge is 2.12. The fourth-order valence-electron chi connectivity index (χ4n) is 1.97. The molecular weight excluding hydrogens is 264 g/mol. The highest BCUT2D eigenvalue weighted by Crippen LogP contribution is 2.17. The van der Waals surface area contributed by atoms with Gasteiger partial charge in [0.25, 0.3) is 5.91 Å². The van der Waals surface area contributed by atoms with Gasteiger partial charge in [-0.2, -0.15) is 0 Å². The second kappa shape index (κ2) is 8.63. The summed E-state index contributed by atoms with van der Waals surface area (Å²) < 4.78 is 0. The summed E-state index contributed by atoms with van der Waals surface area (Å²) in [7, 11) is 0. The van der Waals surface area contributed by atoms with Crippen molar-refractivity contribution in [2.45, 2.75) is 39.0 Å². The first kappa shape index (κ1) is 15.6. The van der Waals surface area contributed by atoms with Gasteiger partial charge < -0.3 is 10.4 Å². The second-order valence-electron chi connectivity index (χ2n) is 4.51. The van der Waals surface area contributed by atoms with Crippen LogP contribution in [0, 0.1) is 5.92 Å². The van der Waals surface area contributed by atoms with Crippen molar-refractivity contribution in [3.63, 3.8) is 0 Å². The van der Waals surface area contributed by atoms with Crippen LogP contribution in [0.15, 0.2) is 10.9 Å². The molecule has 2 N–H and O–H groups in total. The maximum Gasteiger partial charge on any atom is 0.303 e. The molecule has 0 spiro atoms. The third-order valence-corrected chi connectivity index (χ3v) is 3.55. The SMILES string of the molecule is CCCC(CCNC(=O)c1cscn1)CCC(=O)O. The van der Waals surface area contributed by atoms with Crippen LogP contribution in [-0.2, 0) is 4.79 Å². The van der Waals surface area contributed by atoms with E-state index < -0.39 is 5.97 Å². The predicted molar refractivity (Wildman–Crippen MR) is 74.3 cm³/mol. The van der Waals surface area contributed by atoms with Gasteiger partial charge in [-0.05, 0) is 18.8 Å². The zero-order chi connectivity index (χ0) is 14.1. The first-order valence-corrected chi connectivity index (χ1v) is 7.46.